The van der Waals surface area contributed by atoms with E-state index in [1.54, 1.807) is 0 Å². The molecule has 5 heteroatoms. The van der Waals surface area contributed by atoms with Crippen LogP contribution in [0.1, 0.15) is 32.6 Å². The van der Waals surface area contributed by atoms with Crippen molar-refractivity contribution < 1.29 is 9.66 Å². The molecule has 1 saturated carbocycles. The number of nitrogens with one attached hydrogen (secondary N) is 1. The van der Waals surface area contributed by atoms with Crippen LogP contribution in [0.15, 0.2) is 18.2 Å². The highest BCUT2D eigenvalue weighted by Gasteiger charge is 2.18. The lowest BCUT2D eigenvalue weighted by molar-refractivity contribution is -0.384. The Bertz CT molecular complexity index is 428. The minimum atomic E-state index is -0.387. The molecule has 1 aliphatic carbocycles. The third-order valence-electron chi connectivity index (χ3n) is 3.09. The molecule has 1 N–H and O–H groups in total. The Labute approximate surface area is 106 Å². The molecule has 0 amide bonds. The standard InChI is InChI=1S/C13H18N2O3/c1-2-14-10-7-11(15(16)17)9-13(8-10)18-12-5-3-4-6-12/h7-9,12,14H,2-6H2,1H3. The summed E-state index contributed by atoms with van der Waals surface area (Å²) in [6.07, 6.45) is 4.65. The molecule has 5 nitrogen and oxygen atoms in total. The van der Waals surface area contributed by atoms with Crippen LogP contribution >= 0.6 is 0 Å². The van der Waals surface area contributed by atoms with Gasteiger partial charge >= 0.3 is 0 Å². The van der Waals surface area contributed by atoms with Gasteiger partial charge in [0.1, 0.15) is 5.75 Å². The van der Waals surface area contributed by atoms with Crippen molar-refractivity contribution >= 4 is 11.4 Å². The predicted octanol–water partition coefficient (Wildman–Crippen LogP) is 3.35. The third kappa shape index (κ3) is 3.12. The first-order chi connectivity index (χ1) is 8.69. The Balaban J connectivity index is 2.18. The van der Waals surface area contributed by atoms with Gasteiger partial charge in [-0.3, -0.25) is 10.1 Å². The highest BCUT2D eigenvalue weighted by atomic mass is 16.6. The van der Waals surface area contributed by atoms with E-state index in [2.05, 4.69) is 5.32 Å². The predicted molar refractivity (Wildman–Crippen MR) is 70.1 cm³/mol. The van der Waals surface area contributed by atoms with Crippen molar-refractivity contribution in [1.29, 1.82) is 0 Å². The molecule has 1 aliphatic rings. The van der Waals surface area contributed by atoms with E-state index in [9.17, 15) is 10.1 Å². The number of non-ortho nitro benzene ring substituents is 1. The Morgan fingerprint density at radius 1 is 1.39 bits per heavy atom. The highest BCUT2D eigenvalue weighted by Crippen LogP contribution is 2.29. The Kier molecular flexibility index (Phi) is 4.02. The van der Waals surface area contributed by atoms with Crippen LogP contribution in [0.4, 0.5) is 11.4 Å². The van der Waals surface area contributed by atoms with Crippen LogP contribution < -0.4 is 10.1 Å². The molecule has 18 heavy (non-hydrogen) atoms. The van der Waals surface area contributed by atoms with E-state index in [0.29, 0.717) is 5.75 Å². The van der Waals surface area contributed by atoms with Crippen molar-refractivity contribution in [2.24, 2.45) is 0 Å². The molecule has 1 aromatic carbocycles. The summed E-state index contributed by atoms with van der Waals surface area (Å²) in [5, 5.41) is 14.0. The Morgan fingerprint density at radius 3 is 2.72 bits per heavy atom. The fourth-order valence-electron chi connectivity index (χ4n) is 2.26. The van der Waals surface area contributed by atoms with Crippen molar-refractivity contribution in [3.63, 3.8) is 0 Å². The number of benzene rings is 1. The molecule has 0 radical (unpaired) electrons. The molecule has 98 valence electrons. The van der Waals surface area contributed by atoms with Crippen molar-refractivity contribution in [3.05, 3.63) is 28.3 Å². The minimum absolute atomic E-state index is 0.0708. The van der Waals surface area contributed by atoms with Crippen LogP contribution in [0.3, 0.4) is 0 Å². The van der Waals surface area contributed by atoms with E-state index < -0.39 is 0 Å². The van der Waals surface area contributed by atoms with E-state index in [0.717, 1.165) is 25.1 Å². The van der Waals surface area contributed by atoms with Crippen LogP contribution in [-0.4, -0.2) is 17.6 Å². The van der Waals surface area contributed by atoms with Crippen molar-refractivity contribution in [3.8, 4) is 5.75 Å². The zero-order chi connectivity index (χ0) is 13.0. The summed E-state index contributed by atoms with van der Waals surface area (Å²) in [4.78, 5) is 10.5. The zero-order valence-corrected chi connectivity index (χ0v) is 10.5. The van der Waals surface area contributed by atoms with Crippen LogP contribution in [-0.2, 0) is 0 Å². The summed E-state index contributed by atoms with van der Waals surface area (Å²) in [7, 11) is 0. The minimum Gasteiger partial charge on any atom is -0.490 e. The van der Waals surface area contributed by atoms with Gasteiger partial charge in [0.05, 0.1) is 17.1 Å². The molecule has 1 fully saturated rings. The van der Waals surface area contributed by atoms with Crippen molar-refractivity contribution in [1.82, 2.24) is 0 Å². The van der Waals surface area contributed by atoms with Crippen molar-refractivity contribution in [2.75, 3.05) is 11.9 Å². The monoisotopic (exact) mass is 250 g/mol. The van der Waals surface area contributed by atoms with E-state index >= 15 is 0 Å². The first-order valence-corrected chi connectivity index (χ1v) is 6.39. The van der Waals surface area contributed by atoms with Gasteiger partial charge in [0, 0.05) is 24.4 Å². The number of nitro benzene ring substituents is 1. The number of hydrogen-bond donors (Lipinski definition) is 1. The van der Waals surface area contributed by atoms with E-state index in [-0.39, 0.29) is 16.7 Å². The van der Waals surface area contributed by atoms with E-state index in [1.165, 1.54) is 25.0 Å². The van der Waals surface area contributed by atoms with Gasteiger partial charge in [-0.1, -0.05) is 0 Å². The second-order valence-corrected chi connectivity index (χ2v) is 4.53. The summed E-state index contributed by atoms with van der Waals surface area (Å²) in [5.41, 5.74) is 0.807. The highest BCUT2D eigenvalue weighted by molar-refractivity contribution is 5.56. The zero-order valence-electron chi connectivity index (χ0n) is 10.5. The molecule has 0 spiro atoms. The average molecular weight is 250 g/mol. The molecule has 2 rings (SSSR count). The molecule has 0 atom stereocenters. The molecular formula is C13H18N2O3. The third-order valence-corrected chi connectivity index (χ3v) is 3.09. The second-order valence-electron chi connectivity index (χ2n) is 4.53. The van der Waals surface area contributed by atoms with Crippen LogP contribution in [0, 0.1) is 10.1 Å². The molecule has 1 aromatic rings. The van der Waals surface area contributed by atoms with Gasteiger partial charge in [-0.15, -0.1) is 0 Å². The van der Waals surface area contributed by atoms with Crippen molar-refractivity contribution in [2.45, 2.75) is 38.7 Å². The average Bonchev–Trinajstić information content (AvgIpc) is 2.82. The number of hydrogen-bond acceptors (Lipinski definition) is 4. The number of rotatable bonds is 5. The largest absolute Gasteiger partial charge is 0.490 e. The summed E-state index contributed by atoms with van der Waals surface area (Å²) >= 11 is 0. The SMILES string of the molecule is CCNc1cc(OC2CCCC2)cc([N+](=O)[O-])c1. The molecule has 0 bridgehead atoms. The maximum atomic E-state index is 10.9. The Hall–Kier alpha value is -1.78. The van der Waals surface area contributed by atoms with Gasteiger partial charge in [0.25, 0.3) is 5.69 Å². The summed E-state index contributed by atoms with van der Waals surface area (Å²) in [6, 6.07) is 4.86. The number of nitro groups is 1. The van der Waals surface area contributed by atoms with Crippen LogP contribution in [0.5, 0.6) is 5.75 Å². The lowest BCUT2D eigenvalue weighted by atomic mass is 10.2. The molecular weight excluding hydrogens is 232 g/mol. The van der Waals surface area contributed by atoms with Gasteiger partial charge in [-0.2, -0.15) is 0 Å². The maximum Gasteiger partial charge on any atom is 0.275 e. The summed E-state index contributed by atoms with van der Waals surface area (Å²) in [6.45, 7) is 2.68. The van der Waals surface area contributed by atoms with Gasteiger partial charge in [0.15, 0.2) is 0 Å². The normalized spacial score (nSPS) is 15.6. The number of ether oxygens (including phenoxy) is 1. The number of anilines is 1. The van der Waals surface area contributed by atoms with Gasteiger partial charge in [-0.25, -0.2) is 0 Å². The van der Waals surface area contributed by atoms with Gasteiger partial charge in [-0.05, 0) is 32.6 Å². The molecule has 0 aromatic heterocycles. The smallest absolute Gasteiger partial charge is 0.275 e. The van der Waals surface area contributed by atoms with Gasteiger partial charge < -0.3 is 10.1 Å². The fraction of sp³-hybridized carbons (Fsp3) is 0.538. The van der Waals surface area contributed by atoms with Crippen LogP contribution in [0.2, 0.25) is 0 Å². The summed E-state index contributed by atoms with van der Waals surface area (Å²) in [5.74, 6) is 0.590. The molecule has 0 aliphatic heterocycles. The van der Waals surface area contributed by atoms with Crippen LogP contribution in [0.25, 0.3) is 0 Å². The first kappa shape index (κ1) is 12.7. The maximum absolute atomic E-state index is 10.9. The first-order valence-electron chi connectivity index (χ1n) is 6.39. The Morgan fingerprint density at radius 2 is 2.11 bits per heavy atom. The van der Waals surface area contributed by atoms with E-state index in [4.69, 9.17) is 4.74 Å². The fourth-order valence-corrected chi connectivity index (χ4v) is 2.26. The second kappa shape index (κ2) is 5.71. The molecule has 0 heterocycles. The molecule has 0 saturated heterocycles. The van der Waals surface area contributed by atoms with Gasteiger partial charge in [0.2, 0.25) is 0 Å². The summed E-state index contributed by atoms with van der Waals surface area (Å²) < 4.78 is 5.81. The van der Waals surface area contributed by atoms with E-state index in [1.807, 2.05) is 13.0 Å². The number of nitrogens with zero attached hydrogens (tertiary/aromatic N) is 1. The molecule has 0 unspecified atom stereocenters. The topological polar surface area (TPSA) is 64.4 Å². The lowest BCUT2D eigenvalue weighted by Gasteiger charge is -2.14. The quantitative estimate of drug-likeness (QED) is 0.643. The lowest BCUT2D eigenvalue weighted by Crippen LogP contribution is -2.11.